The summed E-state index contributed by atoms with van der Waals surface area (Å²) in [6, 6.07) is 14.9. The molecule has 1 spiro atoms. The predicted octanol–water partition coefficient (Wildman–Crippen LogP) is 5.08. The average Bonchev–Trinajstić information content (AvgIpc) is 3.37. The lowest BCUT2D eigenvalue weighted by Gasteiger charge is -2.26. The molecule has 2 aromatic carbocycles. The lowest BCUT2D eigenvalue weighted by Crippen LogP contribution is -2.21. The van der Waals surface area contributed by atoms with E-state index in [1.54, 1.807) is 7.11 Å². The molecule has 30 heavy (non-hydrogen) atoms. The van der Waals surface area contributed by atoms with Gasteiger partial charge in [-0.1, -0.05) is 24.3 Å². The number of ether oxygens (including phenoxy) is 3. The van der Waals surface area contributed by atoms with Gasteiger partial charge < -0.3 is 14.2 Å². The first-order valence-corrected chi connectivity index (χ1v) is 11.2. The molecule has 2 aromatic rings. The van der Waals surface area contributed by atoms with Gasteiger partial charge in [0.1, 0.15) is 11.5 Å². The van der Waals surface area contributed by atoms with Crippen molar-refractivity contribution in [3.63, 3.8) is 0 Å². The molecular formula is C26H30O4. The third-order valence-electron chi connectivity index (χ3n) is 7.32. The van der Waals surface area contributed by atoms with Crippen LogP contribution in [-0.2, 0) is 22.4 Å². The monoisotopic (exact) mass is 406 g/mol. The summed E-state index contributed by atoms with van der Waals surface area (Å²) in [4.78, 5) is 11.6. The third kappa shape index (κ3) is 3.92. The number of hydrogen-bond acceptors (Lipinski definition) is 4. The topological polar surface area (TPSA) is 44.8 Å². The van der Waals surface area contributed by atoms with Gasteiger partial charge in [-0.05, 0) is 79.2 Å². The van der Waals surface area contributed by atoms with Gasteiger partial charge in [-0.25, -0.2) is 0 Å². The highest BCUT2D eigenvalue weighted by Crippen LogP contribution is 2.51. The van der Waals surface area contributed by atoms with E-state index in [2.05, 4.69) is 18.2 Å². The van der Waals surface area contributed by atoms with E-state index in [1.165, 1.54) is 23.1 Å². The molecule has 1 heterocycles. The van der Waals surface area contributed by atoms with Crippen molar-refractivity contribution in [1.82, 2.24) is 0 Å². The smallest absolute Gasteiger partial charge is 0.306 e. The molecule has 2 aliphatic carbocycles. The van der Waals surface area contributed by atoms with Crippen LogP contribution in [0.5, 0.6) is 11.5 Å². The van der Waals surface area contributed by atoms with Crippen LogP contribution in [0.2, 0.25) is 0 Å². The Kier molecular flexibility index (Phi) is 5.18. The summed E-state index contributed by atoms with van der Waals surface area (Å²) in [6.45, 7) is 1.37. The van der Waals surface area contributed by atoms with Crippen LogP contribution >= 0.6 is 0 Å². The fraction of sp³-hybridized carbons (Fsp3) is 0.500. The maximum atomic E-state index is 11.6. The van der Waals surface area contributed by atoms with E-state index in [0.29, 0.717) is 24.9 Å². The fourth-order valence-corrected chi connectivity index (χ4v) is 5.58. The van der Waals surface area contributed by atoms with Crippen molar-refractivity contribution in [1.29, 1.82) is 0 Å². The number of cyclic esters (lactones) is 1. The van der Waals surface area contributed by atoms with E-state index in [0.717, 1.165) is 50.2 Å². The molecule has 3 aliphatic rings. The molecule has 158 valence electrons. The number of esters is 1. The van der Waals surface area contributed by atoms with Crippen LogP contribution < -0.4 is 9.47 Å². The second kappa shape index (κ2) is 7.98. The zero-order chi connectivity index (χ0) is 20.6. The number of hydrogen-bond donors (Lipinski definition) is 0. The molecule has 1 aliphatic heterocycles. The minimum Gasteiger partial charge on any atom is -0.497 e. The van der Waals surface area contributed by atoms with Gasteiger partial charge in [0, 0.05) is 11.5 Å². The second-order valence-corrected chi connectivity index (χ2v) is 9.40. The highest BCUT2D eigenvalue weighted by Gasteiger charge is 2.46. The van der Waals surface area contributed by atoms with Gasteiger partial charge in [0.2, 0.25) is 0 Å². The average molecular weight is 407 g/mol. The number of fused-ring (bicyclic) bond motifs is 1. The number of methoxy groups -OCH3 is 1. The maximum Gasteiger partial charge on any atom is 0.306 e. The van der Waals surface area contributed by atoms with Crippen LogP contribution in [0.25, 0.3) is 0 Å². The standard InChI is InChI=1S/C26H30O4/c1-28-23-3-2-4-24(13-23)29-16-18-5-6-20-12-21(8-7-19(20)11-18)22-9-10-26(14-22)15-25(27)30-17-26/h2-4,7-8,12-13,18,22H,5-6,9-11,14-17H2,1H3/t18-,22+,26+/m1/s1. The third-order valence-corrected chi connectivity index (χ3v) is 7.32. The molecule has 0 amide bonds. The Morgan fingerprint density at radius 2 is 2.00 bits per heavy atom. The summed E-state index contributed by atoms with van der Waals surface area (Å²) in [6.07, 6.45) is 7.36. The minimum absolute atomic E-state index is 0.0108. The summed E-state index contributed by atoms with van der Waals surface area (Å²) in [5.74, 6) is 2.81. The van der Waals surface area contributed by atoms with Crippen molar-refractivity contribution in [3.05, 3.63) is 59.2 Å². The van der Waals surface area contributed by atoms with E-state index in [9.17, 15) is 4.79 Å². The van der Waals surface area contributed by atoms with Gasteiger partial charge in [-0.2, -0.15) is 0 Å². The molecular weight excluding hydrogens is 376 g/mol. The molecule has 0 N–H and O–H groups in total. The van der Waals surface area contributed by atoms with Gasteiger partial charge in [0.25, 0.3) is 0 Å². The molecule has 0 unspecified atom stereocenters. The van der Waals surface area contributed by atoms with Gasteiger partial charge in [-0.15, -0.1) is 0 Å². The summed E-state index contributed by atoms with van der Waals surface area (Å²) >= 11 is 0. The lowest BCUT2D eigenvalue weighted by atomic mass is 9.80. The molecule has 4 nitrogen and oxygen atoms in total. The Bertz CT molecular complexity index is 936. The Morgan fingerprint density at radius 3 is 2.83 bits per heavy atom. The van der Waals surface area contributed by atoms with Crippen molar-refractivity contribution < 1.29 is 19.0 Å². The molecule has 0 radical (unpaired) electrons. The maximum absolute atomic E-state index is 11.6. The Balaban J connectivity index is 1.20. The first-order valence-electron chi connectivity index (χ1n) is 11.2. The molecule has 1 saturated carbocycles. The highest BCUT2D eigenvalue weighted by molar-refractivity contribution is 5.72. The van der Waals surface area contributed by atoms with Crippen LogP contribution in [0.1, 0.15) is 54.7 Å². The van der Waals surface area contributed by atoms with Crippen molar-refractivity contribution in [3.8, 4) is 11.5 Å². The van der Waals surface area contributed by atoms with Gasteiger partial charge in [0.05, 0.1) is 26.7 Å². The largest absolute Gasteiger partial charge is 0.497 e. The van der Waals surface area contributed by atoms with E-state index in [1.807, 2.05) is 24.3 Å². The lowest BCUT2D eigenvalue weighted by molar-refractivity contribution is -0.137. The van der Waals surface area contributed by atoms with Crippen LogP contribution in [0, 0.1) is 11.3 Å². The number of carbonyl (C=O) groups is 1. The highest BCUT2D eigenvalue weighted by atomic mass is 16.5. The normalized spacial score (nSPS) is 27.7. The van der Waals surface area contributed by atoms with E-state index in [-0.39, 0.29) is 11.4 Å². The Hall–Kier alpha value is -2.49. The molecule has 4 heteroatoms. The van der Waals surface area contributed by atoms with E-state index >= 15 is 0 Å². The Labute approximate surface area is 178 Å². The van der Waals surface area contributed by atoms with Crippen LogP contribution in [0.3, 0.4) is 0 Å². The number of rotatable bonds is 5. The van der Waals surface area contributed by atoms with Crippen molar-refractivity contribution >= 4 is 5.97 Å². The predicted molar refractivity (Wildman–Crippen MR) is 115 cm³/mol. The summed E-state index contributed by atoms with van der Waals surface area (Å²) in [7, 11) is 1.68. The summed E-state index contributed by atoms with van der Waals surface area (Å²) < 4.78 is 16.6. The zero-order valence-electron chi connectivity index (χ0n) is 17.7. The quantitative estimate of drug-likeness (QED) is 0.650. The molecule has 3 atom stereocenters. The fourth-order valence-electron chi connectivity index (χ4n) is 5.58. The molecule has 2 fully saturated rings. The second-order valence-electron chi connectivity index (χ2n) is 9.40. The minimum atomic E-state index is -0.0108. The summed E-state index contributed by atoms with van der Waals surface area (Å²) in [5, 5.41) is 0. The first kappa shape index (κ1) is 19.5. The first-order chi connectivity index (χ1) is 14.6. The van der Waals surface area contributed by atoms with Gasteiger partial charge in [0.15, 0.2) is 0 Å². The Morgan fingerprint density at radius 1 is 1.10 bits per heavy atom. The molecule has 5 rings (SSSR count). The van der Waals surface area contributed by atoms with Gasteiger partial charge >= 0.3 is 5.97 Å². The molecule has 1 saturated heterocycles. The van der Waals surface area contributed by atoms with E-state index < -0.39 is 0 Å². The zero-order valence-corrected chi connectivity index (χ0v) is 17.7. The SMILES string of the molecule is COc1cccc(OC[C@@H]2CCc3cc([C@H]4CC[C@]5(COC(=O)C5)C4)ccc3C2)c1. The molecule has 0 bridgehead atoms. The summed E-state index contributed by atoms with van der Waals surface area (Å²) in [5.41, 5.74) is 4.54. The number of carbonyl (C=O) groups excluding carboxylic acids is 1. The van der Waals surface area contributed by atoms with Gasteiger partial charge in [-0.3, -0.25) is 4.79 Å². The van der Waals surface area contributed by atoms with Crippen LogP contribution in [0.15, 0.2) is 42.5 Å². The van der Waals surface area contributed by atoms with Crippen molar-refractivity contribution in [2.24, 2.45) is 11.3 Å². The van der Waals surface area contributed by atoms with Crippen molar-refractivity contribution in [2.45, 2.75) is 50.9 Å². The van der Waals surface area contributed by atoms with Crippen molar-refractivity contribution in [2.75, 3.05) is 20.3 Å². The number of aryl methyl sites for hydroxylation is 1. The van der Waals surface area contributed by atoms with E-state index in [4.69, 9.17) is 14.2 Å². The molecule has 0 aromatic heterocycles. The van der Waals surface area contributed by atoms with Crippen LogP contribution in [-0.4, -0.2) is 26.3 Å². The number of benzene rings is 2. The van der Waals surface area contributed by atoms with Crippen LogP contribution in [0.4, 0.5) is 0 Å².